The van der Waals surface area contributed by atoms with Crippen LogP contribution in [-0.2, 0) is 11.2 Å². The highest BCUT2D eigenvalue weighted by molar-refractivity contribution is 6.33. The summed E-state index contributed by atoms with van der Waals surface area (Å²) in [5.74, 6) is 0.594. The Hall–Kier alpha value is -2.85. The van der Waals surface area contributed by atoms with Crippen LogP contribution in [0.4, 0.5) is 17.2 Å². The lowest BCUT2D eigenvalue weighted by Gasteiger charge is -2.12. The Balaban J connectivity index is 1.64. The molecule has 3 aromatic rings. The Morgan fingerprint density at radius 1 is 1.08 bits per heavy atom. The van der Waals surface area contributed by atoms with Crippen molar-refractivity contribution >= 4 is 34.7 Å². The summed E-state index contributed by atoms with van der Waals surface area (Å²) >= 11 is 6.31. The van der Waals surface area contributed by atoms with Crippen LogP contribution in [0.25, 0.3) is 0 Å². The fourth-order valence-corrected chi connectivity index (χ4v) is 3.10. The van der Waals surface area contributed by atoms with Crippen molar-refractivity contribution in [1.82, 2.24) is 4.98 Å². The maximum absolute atomic E-state index is 12.1. The number of carbonyl (C=O) groups is 1. The molecule has 132 valence electrons. The minimum Gasteiger partial charge on any atom is -0.339 e. The molecule has 0 saturated heterocycles. The van der Waals surface area contributed by atoms with Gasteiger partial charge in [-0.3, -0.25) is 4.79 Å². The summed E-state index contributed by atoms with van der Waals surface area (Å²) in [5.41, 5.74) is 4.63. The SMILES string of the molecule is Cc1cc(C)c(Nc2ccc(NC(=O)Cc3ccccc3)cn2)c(Cl)c1. The first-order valence-electron chi connectivity index (χ1n) is 8.35. The summed E-state index contributed by atoms with van der Waals surface area (Å²) in [5, 5.41) is 6.75. The van der Waals surface area contributed by atoms with E-state index in [1.54, 1.807) is 6.20 Å². The second kappa shape index (κ2) is 8.02. The lowest BCUT2D eigenvalue weighted by atomic mass is 10.1. The second-order valence-corrected chi connectivity index (χ2v) is 6.61. The van der Waals surface area contributed by atoms with Crippen LogP contribution < -0.4 is 10.6 Å². The molecule has 0 fully saturated rings. The highest BCUT2D eigenvalue weighted by Gasteiger charge is 2.08. The van der Waals surface area contributed by atoms with E-state index >= 15 is 0 Å². The van der Waals surface area contributed by atoms with Crippen LogP contribution in [0, 0.1) is 13.8 Å². The van der Waals surface area contributed by atoms with Crippen molar-refractivity contribution < 1.29 is 4.79 Å². The molecule has 0 aliphatic carbocycles. The fraction of sp³-hybridized carbons (Fsp3) is 0.143. The standard InChI is InChI=1S/C21H20ClN3O/c1-14-10-15(2)21(18(22)11-14)25-19-9-8-17(13-23-19)24-20(26)12-16-6-4-3-5-7-16/h3-11,13H,12H2,1-2H3,(H,23,25)(H,24,26). The van der Waals surface area contributed by atoms with Crippen LogP contribution in [0.15, 0.2) is 60.8 Å². The molecule has 0 bridgehead atoms. The largest absolute Gasteiger partial charge is 0.339 e. The number of halogens is 1. The Morgan fingerprint density at radius 2 is 1.85 bits per heavy atom. The van der Waals surface area contributed by atoms with Gasteiger partial charge in [-0.1, -0.05) is 48.0 Å². The van der Waals surface area contributed by atoms with E-state index in [-0.39, 0.29) is 5.91 Å². The zero-order valence-corrected chi connectivity index (χ0v) is 15.5. The minimum absolute atomic E-state index is 0.0730. The molecule has 3 rings (SSSR count). The number of benzene rings is 2. The predicted molar refractivity (Wildman–Crippen MR) is 107 cm³/mol. The Morgan fingerprint density at radius 3 is 2.50 bits per heavy atom. The maximum Gasteiger partial charge on any atom is 0.228 e. The topological polar surface area (TPSA) is 54.0 Å². The van der Waals surface area contributed by atoms with Crippen LogP contribution in [0.3, 0.4) is 0 Å². The quantitative estimate of drug-likeness (QED) is 0.647. The molecule has 2 aromatic carbocycles. The number of carbonyl (C=O) groups excluding carboxylic acids is 1. The number of anilines is 3. The minimum atomic E-state index is -0.0730. The average molecular weight is 366 g/mol. The second-order valence-electron chi connectivity index (χ2n) is 6.21. The van der Waals surface area contributed by atoms with Crippen molar-refractivity contribution in [2.75, 3.05) is 10.6 Å². The summed E-state index contributed by atoms with van der Waals surface area (Å²) in [6.45, 7) is 4.01. The van der Waals surface area contributed by atoms with E-state index in [2.05, 4.69) is 21.7 Å². The van der Waals surface area contributed by atoms with E-state index in [4.69, 9.17) is 11.6 Å². The van der Waals surface area contributed by atoms with Gasteiger partial charge in [0.25, 0.3) is 0 Å². The molecule has 0 spiro atoms. The van der Waals surface area contributed by atoms with Gasteiger partial charge in [0.1, 0.15) is 5.82 Å². The molecule has 1 aromatic heterocycles. The molecule has 2 N–H and O–H groups in total. The number of aromatic nitrogens is 1. The number of rotatable bonds is 5. The van der Waals surface area contributed by atoms with E-state index in [0.717, 1.165) is 22.4 Å². The van der Waals surface area contributed by atoms with Gasteiger partial charge < -0.3 is 10.6 Å². The summed E-state index contributed by atoms with van der Waals surface area (Å²) in [6, 6.07) is 17.2. The number of amides is 1. The van der Waals surface area contributed by atoms with Crippen molar-refractivity contribution in [1.29, 1.82) is 0 Å². The van der Waals surface area contributed by atoms with Gasteiger partial charge >= 0.3 is 0 Å². The highest BCUT2D eigenvalue weighted by atomic mass is 35.5. The van der Waals surface area contributed by atoms with Gasteiger partial charge in [-0.05, 0) is 48.7 Å². The van der Waals surface area contributed by atoms with Gasteiger partial charge in [-0.15, -0.1) is 0 Å². The molecule has 1 heterocycles. The third-order valence-electron chi connectivity index (χ3n) is 3.94. The zero-order valence-electron chi connectivity index (χ0n) is 14.7. The average Bonchev–Trinajstić information content (AvgIpc) is 2.60. The summed E-state index contributed by atoms with van der Waals surface area (Å²) < 4.78 is 0. The normalized spacial score (nSPS) is 10.4. The van der Waals surface area contributed by atoms with E-state index in [1.165, 1.54) is 0 Å². The molecule has 0 atom stereocenters. The number of hydrogen-bond acceptors (Lipinski definition) is 3. The summed E-state index contributed by atoms with van der Waals surface area (Å²) in [7, 11) is 0. The van der Waals surface area contributed by atoms with Gasteiger partial charge in [0.15, 0.2) is 0 Å². The first-order chi connectivity index (χ1) is 12.5. The molecule has 5 heteroatoms. The number of hydrogen-bond donors (Lipinski definition) is 2. The Kier molecular flexibility index (Phi) is 5.54. The van der Waals surface area contributed by atoms with Crippen molar-refractivity contribution in [3.63, 3.8) is 0 Å². The third-order valence-corrected chi connectivity index (χ3v) is 4.24. The highest BCUT2D eigenvalue weighted by Crippen LogP contribution is 2.29. The molecule has 26 heavy (non-hydrogen) atoms. The molecular formula is C21H20ClN3O. The van der Waals surface area contributed by atoms with Crippen LogP contribution in [-0.4, -0.2) is 10.9 Å². The molecule has 0 aliphatic heterocycles. The maximum atomic E-state index is 12.1. The Bertz CT molecular complexity index is 885. The lowest BCUT2D eigenvalue weighted by molar-refractivity contribution is -0.115. The Labute approximate surface area is 158 Å². The van der Waals surface area contributed by atoms with E-state index < -0.39 is 0 Å². The predicted octanol–water partition coefficient (Wildman–Crippen LogP) is 5.28. The molecular weight excluding hydrogens is 346 g/mol. The van der Waals surface area contributed by atoms with Crippen molar-refractivity contribution in [2.45, 2.75) is 20.3 Å². The van der Waals surface area contributed by atoms with Crippen LogP contribution in [0.2, 0.25) is 5.02 Å². The molecule has 4 nitrogen and oxygen atoms in total. The smallest absolute Gasteiger partial charge is 0.228 e. The molecule has 0 saturated carbocycles. The van der Waals surface area contributed by atoms with Crippen LogP contribution >= 0.6 is 11.6 Å². The van der Waals surface area contributed by atoms with Crippen molar-refractivity contribution in [3.8, 4) is 0 Å². The van der Waals surface area contributed by atoms with E-state index in [1.807, 2.05) is 62.4 Å². The van der Waals surface area contributed by atoms with Crippen molar-refractivity contribution in [3.05, 3.63) is 82.5 Å². The molecule has 0 radical (unpaired) electrons. The summed E-state index contributed by atoms with van der Waals surface area (Å²) in [4.78, 5) is 16.5. The number of pyridine rings is 1. The summed E-state index contributed by atoms with van der Waals surface area (Å²) in [6.07, 6.45) is 1.96. The fourth-order valence-electron chi connectivity index (χ4n) is 2.73. The zero-order chi connectivity index (χ0) is 18.5. The monoisotopic (exact) mass is 365 g/mol. The number of nitrogens with zero attached hydrogens (tertiary/aromatic N) is 1. The van der Waals surface area contributed by atoms with Gasteiger partial charge in [0.05, 0.1) is 29.0 Å². The first kappa shape index (κ1) is 18.0. The molecule has 0 aliphatic rings. The molecule has 1 amide bonds. The third kappa shape index (κ3) is 4.61. The number of nitrogens with one attached hydrogen (secondary N) is 2. The van der Waals surface area contributed by atoms with E-state index in [0.29, 0.717) is 22.9 Å². The van der Waals surface area contributed by atoms with Crippen molar-refractivity contribution in [2.24, 2.45) is 0 Å². The van der Waals surface area contributed by atoms with Gasteiger partial charge in [-0.25, -0.2) is 4.98 Å². The van der Waals surface area contributed by atoms with Gasteiger partial charge in [0, 0.05) is 0 Å². The van der Waals surface area contributed by atoms with Crippen LogP contribution in [0.1, 0.15) is 16.7 Å². The van der Waals surface area contributed by atoms with Crippen LogP contribution in [0.5, 0.6) is 0 Å². The van der Waals surface area contributed by atoms with Gasteiger partial charge in [-0.2, -0.15) is 0 Å². The molecule has 0 unspecified atom stereocenters. The number of aryl methyl sites for hydroxylation is 2. The first-order valence-corrected chi connectivity index (χ1v) is 8.72. The van der Waals surface area contributed by atoms with Gasteiger partial charge in [0.2, 0.25) is 5.91 Å². The van der Waals surface area contributed by atoms with E-state index in [9.17, 15) is 4.79 Å². The lowest BCUT2D eigenvalue weighted by Crippen LogP contribution is -2.14.